The van der Waals surface area contributed by atoms with Gasteiger partial charge >= 0.3 is 5.69 Å². The summed E-state index contributed by atoms with van der Waals surface area (Å²) in [7, 11) is 0. The Morgan fingerprint density at radius 1 is 1.12 bits per heavy atom. The molecule has 0 bridgehead atoms. The Hall–Kier alpha value is -3.53. The summed E-state index contributed by atoms with van der Waals surface area (Å²) in [6.07, 6.45) is 1.34. The molecule has 1 heterocycles. The van der Waals surface area contributed by atoms with Crippen molar-refractivity contribution in [3.8, 4) is 5.75 Å². The first-order chi connectivity index (χ1) is 12.0. The summed E-state index contributed by atoms with van der Waals surface area (Å²) in [6, 6.07) is 10.5. The molecule has 0 saturated heterocycles. The van der Waals surface area contributed by atoms with Crippen molar-refractivity contribution >= 4 is 44.7 Å². The number of thiophene rings is 1. The molecular weight excluding hydrogens is 348 g/mol. The average Bonchev–Trinajstić information content (AvgIpc) is 2.91. The molecule has 2 N–H and O–H groups in total. The van der Waals surface area contributed by atoms with Crippen LogP contribution in [0.25, 0.3) is 10.1 Å². The molecule has 0 aliphatic heterocycles. The summed E-state index contributed by atoms with van der Waals surface area (Å²) in [5.41, 5.74) is 1.64. The fraction of sp³-hybridized carbons (Fsp3) is 0. The number of nitrogens with zero attached hydrogens (tertiary/aromatic N) is 3. The highest BCUT2D eigenvalue weighted by Gasteiger charge is 2.19. The van der Waals surface area contributed by atoms with Crippen LogP contribution in [0.1, 0.15) is 4.88 Å². The lowest BCUT2D eigenvalue weighted by Crippen LogP contribution is -1.98. The van der Waals surface area contributed by atoms with E-state index in [1.165, 1.54) is 23.6 Å². The third-order valence-electron chi connectivity index (χ3n) is 3.35. The van der Waals surface area contributed by atoms with Gasteiger partial charge in [-0.3, -0.25) is 25.7 Å². The lowest BCUT2D eigenvalue weighted by molar-refractivity contribution is -0.393. The monoisotopic (exact) mass is 358 g/mol. The predicted molar refractivity (Wildman–Crippen MR) is 94.5 cm³/mol. The Labute approximate surface area is 144 Å². The number of anilines is 1. The van der Waals surface area contributed by atoms with E-state index in [0.29, 0.717) is 10.3 Å². The van der Waals surface area contributed by atoms with Crippen LogP contribution < -0.4 is 5.43 Å². The molecule has 0 aliphatic carbocycles. The SMILES string of the molecule is O=[N+]([O-])c1ccc(NN=Cc2sc3ccccc3c2O)c([N+](=O)[O-])c1. The molecule has 3 aromatic rings. The molecule has 0 atom stereocenters. The zero-order valence-corrected chi connectivity index (χ0v) is 13.3. The standard InChI is InChI=1S/C15H10N4O5S/c20-15-10-3-1-2-4-13(10)25-14(15)8-16-17-11-6-5-9(18(21)22)7-12(11)19(23)24/h1-8,17,20H. The highest BCUT2D eigenvalue weighted by atomic mass is 32.1. The minimum atomic E-state index is -0.734. The third-order valence-corrected chi connectivity index (χ3v) is 4.45. The predicted octanol–water partition coefficient (Wildman–Crippen LogP) is 3.87. The Morgan fingerprint density at radius 3 is 2.56 bits per heavy atom. The topological polar surface area (TPSA) is 131 Å². The number of non-ortho nitro benzene ring substituents is 1. The molecular formula is C15H10N4O5S. The second-order valence-electron chi connectivity index (χ2n) is 4.90. The first-order valence-corrected chi connectivity index (χ1v) is 7.71. The maximum atomic E-state index is 11.1. The van der Waals surface area contributed by atoms with Crippen LogP contribution in [0.3, 0.4) is 0 Å². The highest BCUT2D eigenvalue weighted by molar-refractivity contribution is 7.21. The third kappa shape index (κ3) is 3.23. The summed E-state index contributed by atoms with van der Waals surface area (Å²) < 4.78 is 0.878. The summed E-state index contributed by atoms with van der Waals surface area (Å²) in [5.74, 6) is 0.0735. The van der Waals surface area contributed by atoms with Gasteiger partial charge in [0.1, 0.15) is 11.4 Å². The molecule has 0 amide bonds. The van der Waals surface area contributed by atoms with Gasteiger partial charge in [0.2, 0.25) is 0 Å². The lowest BCUT2D eigenvalue weighted by Gasteiger charge is -2.01. The molecule has 3 rings (SSSR count). The molecule has 126 valence electrons. The van der Waals surface area contributed by atoms with Crippen molar-refractivity contribution in [2.45, 2.75) is 0 Å². The van der Waals surface area contributed by atoms with E-state index in [4.69, 9.17) is 0 Å². The van der Waals surface area contributed by atoms with E-state index in [9.17, 15) is 25.3 Å². The molecule has 25 heavy (non-hydrogen) atoms. The number of nitrogens with one attached hydrogen (secondary N) is 1. The van der Waals surface area contributed by atoms with Crippen LogP contribution >= 0.6 is 11.3 Å². The normalized spacial score (nSPS) is 11.0. The van der Waals surface area contributed by atoms with E-state index in [1.54, 1.807) is 12.1 Å². The molecule has 0 radical (unpaired) electrons. The van der Waals surface area contributed by atoms with Crippen molar-refractivity contribution in [3.63, 3.8) is 0 Å². The number of hydrogen-bond donors (Lipinski definition) is 2. The molecule has 2 aromatic carbocycles. The van der Waals surface area contributed by atoms with E-state index in [0.717, 1.165) is 16.8 Å². The maximum absolute atomic E-state index is 11.1. The second kappa shape index (κ2) is 6.53. The van der Waals surface area contributed by atoms with Gasteiger partial charge in [0.05, 0.1) is 27.0 Å². The van der Waals surface area contributed by atoms with Crippen molar-refractivity contribution in [1.29, 1.82) is 0 Å². The molecule has 0 aliphatic rings. The van der Waals surface area contributed by atoms with Gasteiger partial charge in [-0.05, 0) is 18.2 Å². The van der Waals surface area contributed by atoms with Gasteiger partial charge in [-0.25, -0.2) is 0 Å². The highest BCUT2D eigenvalue weighted by Crippen LogP contribution is 2.35. The van der Waals surface area contributed by atoms with Gasteiger partial charge in [0.25, 0.3) is 5.69 Å². The van der Waals surface area contributed by atoms with Crippen molar-refractivity contribution in [1.82, 2.24) is 0 Å². The van der Waals surface area contributed by atoms with Gasteiger partial charge in [0.15, 0.2) is 0 Å². The van der Waals surface area contributed by atoms with Crippen LogP contribution in [0.5, 0.6) is 5.75 Å². The first-order valence-electron chi connectivity index (χ1n) is 6.90. The summed E-state index contributed by atoms with van der Waals surface area (Å²) >= 11 is 1.31. The van der Waals surface area contributed by atoms with Gasteiger partial charge in [-0.2, -0.15) is 5.10 Å². The molecule has 1 aromatic heterocycles. The number of hydrazone groups is 1. The summed E-state index contributed by atoms with van der Waals surface area (Å²) in [5, 5.41) is 36.5. The zero-order chi connectivity index (χ0) is 18.0. The molecule has 0 saturated carbocycles. The number of fused-ring (bicyclic) bond motifs is 1. The van der Waals surface area contributed by atoms with E-state index in [-0.39, 0.29) is 17.1 Å². The minimum absolute atomic E-state index is 0.00690. The molecule has 10 heteroatoms. The number of rotatable bonds is 5. The largest absolute Gasteiger partial charge is 0.506 e. The van der Waals surface area contributed by atoms with Crippen molar-refractivity contribution in [2.75, 3.05) is 5.43 Å². The molecule has 0 unspecified atom stereocenters. The molecule has 9 nitrogen and oxygen atoms in total. The molecule has 0 fully saturated rings. The van der Waals surface area contributed by atoms with Crippen molar-refractivity contribution < 1.29 is 15.0 Å². The molecule has 0 spiro atoms. The van der Waals surface area contributed by atoms with Crippen LogP contribution in [0.4, 0.5) is 17.1 Å². The summed E-state index contributed by atoms with van der Waals surface area (Å²) in [4.78, 5) is 20.8. The maximum Gasteiger partial charge on any atom is 0.301 e. The van der Waals surface area contributed by atoms with Gasteiger partial charge < -0.3 is 5.11 Å². The van der Waals surface area contributed by atoms with Gasteiger partial charge in [-0.1, -0.05) is 12.1 Å². The van der Waals surface area contributed by atoms with Gasteiger partial charge in [-0.15, -0.1) is 11.3 Å². The number of hydrogen-bond acceptors (Lipinski definition) is 8. The average molecular weight is 358 g/mol. The second-order valence-corrected chi connectivity index (χ2v) is 5.98. The van der Waals surface area contributed by atoms with E-state index in [1.807, 2.05) is 12.1 Å². The smallest absolute Gasteiger partial charge is 0.301 e. The zero-order valence-electron chi connectivity index (χ0n) is 12.4. The van der Waals surface area contributed by atoms with Crippen LogP contribution in [0.15, 0.2) is 47.6 Å². The fourth-order valence-corrected chi connectivity index (χ4v) is 3.15. The van der Waals surface area contributed by atoms with E-state index >= 15 is 0 Å². The van der Waals surface area contributed by atoms with Crippen LogP contribution in [-0.2, 0) is 0 Å². The van der Waals surface area contributed by atoms with E-state index < -0.39 is 15.5 Å². The Morgan fingerprint density at radius 2 is 1.88 bits per heavy atom. The van der Waals surface area contributed by atoms with Gasteiger partial charge in [0, 0.05) is 16.2 Å². The van der Waals surface area contributed by atoms with Crippen LogP contribution in [0.2, 0.25) is 0 Å². The number of nitro benzene ring substituents is 2. The quantitative estimate of drug-likeness (QED) is 0.404. The van der Waals surface area contributed by atoms with Crippen molar-refractivity contribution in [3.05, 3.63) is 67.6 Å². The van der Waals surface area contributed by atoms with Crippen LogP contribution in [0, 0.1) is 20.2 Å². The summed E-state index contributed by atoms with van der Waals surface area (Å²) in [6.45, 7) is 0. The van der Waals surface area contributed by atoms with Crippen LogP contribution in [-0.4, -0.2) is 21.2 Å². The Bertz CT molecular complexity index is 1010. The number of benzene rings is 2. The minimum Gasteiger partial charge on any atom is -0.506 e. The number of aromatic hydroxyl groups is 1. The first kappa shape index (κ1) is 16.3. The Kier molecular flexibility index (Phi) is 4.27. The Balaban J connectivity index is 1.87. The van der Waals surface area contributed by atoms with E-state index in [2.05, 4.69) is 10.5 Å². The number of nitro groups is 2. The fourth-order valence-electron chi connectivity index (χ4n) is 2.18. The van der Waals surface area contributed by atoms with Crippen molar-refractivity contribution in [2.24, 2.45) is 5.10 Å². The lowest BCUT2D eigenvalue weighted by atomic mass is 10.2.